The first-order chi connectivity index (χ1) is 15.4. The second kappa shape index (κ2) is 7.47. The van der Waals surface area contributed by atoms with Gasteiger partial charge >= 0.3 is 6.03 Å². The van der Waals surface area contributed by atoms with E-state index in [-0.39, 0.29) is 11.9 Å². The van der Waals surface area contributed by atoms with Gasteiger partial charge in [0.15, 0.2) is 12.2 Å². The number of imide groups is 1. The predicted octanol–water partition coefficient (Wildman–Crippen LogP) is 2.98. The zero-order valence-electron chi connectivity index (χ0n) is 18.7. The highest BCUT2D eigenvalue weighted by atomic mass is 16.2. The topological polar surface area (TPSA) is 74.0 Å². The number of hydrogen-bond acceptors (Lipinski definition) is 5. The van der Waals surface area contributed by atoms with Crippen molar-refractivity contribution in [3.8, 4) is 0 Å². The van der Waals surface area contributed by atoms with E-state index in [2.05, 4.69) is 29.4 Å². The molecule has 0 radical (unpaired) electrons. The smallest absolute Gasteiger partial charge is 0.321 e. The van der Waals surface area contributed by atoms with Crippen molar-refractivity contribution in [2.24, 2.45) is 4.99 Å². The Morgan fingerprint density at radius 2 is 1.78 bits per heavy atom. The number of hydrogen-bond donors (Lipinski definition) is 0. The van der Waals surface area contributed by atoms with Crippen LogP contribution in [0.4, 0.5) is 4.79 Å². The molecular weight excluding hydrogens is 404 g/mol. The quantitative estimate of drug-likeness (QED) is 0.640. The van der Waals surface area contributed by atoms with Crippen molar-refractivity contribution in [3.05, 3.63) is 65.5 Å². The summed E-state index contributed by atoms with van der Waals surface area (Å²) in [5.41, 5.74) is 2.89. The maximum atomic E-state index is 13.5. The fourth-order valence-corrected chi connectivity index (χ4v) is 4.75. The van der Waals surface area contributed by atoms with Crippen LogP contribution in [0.1, 0.15) is 23.9 Å². The average molecular weight is 431 g/mol. The van der Waals surface area contributed by atoms with Gasteiger partial charge in [0, 0.05) is 25.8 Å². The molecule has 8 heteroatoms. The monoisotopic (exact) mass is 430 g/mol. The molecule has 164 valence electrons. The molecule has 2 aliphatic heterocycles. The Morgan fingerprint density at radius 1 is 1.03 bits per heavy atom. The molecule has 0 spiro atoms. The molecule has 2 aromatic carbocycles. The normalized spacial score (nSPS) is 20.9. The first-order valence-electron chi connectivity index (χ1n) is 10.8. The molecule has 3 aromatic rings. The number of fused-ring (bicyclic) bond motifs is 2. The van der Waals surface area contributed by atoms with Crippen LogP contribution in [0, 0.1) is 13.8 Å². The molecule has 0 N–H and O–H groups in total. The third-order valence-corrected chi connectivity index (χ3v) is 6.31. The lowest BCUT2D eigenvalue weighted by Crippen LogP contribution is -2.65. The molecule has 1 aromatic heterocycles. The number of carbonyl (C=O) groups is 2. The SMILES string of the molecule is CCN1C(=O)C2C(N=C(n3nc(C)cc3C)N2Cc2cccc3ccccc23)N(C)C1=O. The Morgan fingerprint density at radius 3 is 2.50 bits per heavy atom. The van der Waals surface area contributed by atoms with Gasteiger partial charge in [0.05, 0.1) is 5.69 Å². The van der Waals surface area contributed by atoms with Crippen LogP contribution in [0.2, 0.25) is 0 Å². The Kier molecular flexibility index (Phi) is 4.73. The van der Waals surface area contributed by atoms with Gasteiger partial charge in [-0.2, -0.15) is 5.10 Å². The number of carbonyl (C=O) groups excluding carboxylic acids is 2. The van der Waals surface area contributed by atoms with Crippen molar-refractivity contribution >= 4 is 28.7 Å². The van der Waals surface area contributed by atoms with Crippen LogP contribution < -0.4 is 0 Å². The second-order valence-electron chi connectivity index (χ2n) is 8.37. The Balaban J connectivity index is 1.64. The predicted molar refractivity (Wildman–Crippen MR) is 122 cm³/mol. The summed E-state index contributed by atoms with van der Waals surface area (Å²) in [5.74, 6) is 0.366. The lowest BCUT2D eigenvalue weighted by molar-refractivity contribution is -0.137. The van der Waals surface area contributed by atoms with Gasteiger partial charge in [-0.3, -0.25) is 9.69 Å². The molecule has 2 atom stereocenters. The number of rotatable bonds is 3. The number of aryl methyl sites for hydroxylation is 2. The zero-order valence-corrected chi connectivity index (χ0v) is 18.7. The third-order valence-electron chi connectivity index (χ3n) is 6.31. The van der Waals surface area contributed by atoms with Gasteiger partial charge in [-0.05, 0) is 43.2 Å². The zero-order chi connectivity index (χ0) is 22.6. The summed E-state index contributed by atoms with van der Waals surface area (Å²) in [5, 5.41) is 6.90. The van der Waals surface area contributed by atoms with Crippen LogP contribution >= 0.6 is 0 Å². The van der Waals surface area contributed by atoms with E-state index in [1.165, 1.54) is 4.90 Å². The van der Waals surface area contributed by atoms with E-state index in [0.717, 1.165) is 27.7 Å². The molecule has 3 amide bonds. The molecule has 2 aliphatic rings. The van der Waals surface area contributed by atoms with Gasteiger partial charge in [0.25, 0.3) is 5.91 Å². The summed E-state index contributed by atoms with van der Waals surface area (Å²) in [4.78, 5) is 36.0. The maximum Gasteiger partial charge on any atom is 0.328 e. The van der Waals surface area contributed by atoms with Gasteiger partial charge in [-0.1, -0.05) is 42.5 Å². The van der Waals surface area contributed by atoms with Crippen LogP contribution in [-0.4, -0.2) is 68.2 Å². The summed E-state index contributed by atoms with van der Waals surface area (Å²) in [6.07, 6.45) is -0.591. The molecule has 5 rings (SSSR count). The molecule has 0 saturated carbocycles. The van der Waals surface area contributed by atoms with E-state index in [1.54, 1.807) is 16.6 Å². The standard InChI is InChI=1S/C24H26N6O2/c1-5-28-22(31)20-21(27(4)24(28)32)25-23(30-16(3)13-15(2)26-30)29(20)14-18-11-8-10-17-9-6-7-12-19(17)18/h6-13,20-21H,5,14H2,1-4H3. The number of aromatic nitrogens is 2. The largest absolute Gasteiger partial charge is 0.328 e. The van der Waals surface area contributed by atoms with E-state index in [1.807, 2.05) is 49.9 Å². The van der Waals surface area contributed by atoms with Crippen LogP contribution in [0.3, 0.4) is 0 Å². The first kappa shape index (κ1) is 20.2. The van der Waals surface area contributed by atoms with Gasteiger partial charge in [0.2, 0.25) is 5.96 Å². The molecule has 0 bridgehead atoms. The van der Waals surface area contributed by atoms with Crippen molar-refractivity contribution in [3.63, 3.8) is 0 Å². The van der Waals surface area contributed by atoms with E-state index < -0.39 is 12.2 Å². The van der Waals surface area contributed by atoms with E-state index in [9.17, 15) is 9.59 Å². The number of nitrogens with zero attached hydrogens (tertiary/aromatic N) is 6. The Hall–Kier alpha value is -3.68. The van der Waals surface area contributed by atoms with E-state index >= 15 is 0 Å². The average Bonchev–Trinajstić information content (AvgIpc) is 3.32. The summed E-state index contributed by atoms with van der Waals surface area (Å²) >= 11 is 0. The van der Waals surface area contributed by atoms with Crippen molar-refractivity contribution in [2.75, 3.05) is 13.6 Å². The van der Waals surface area contributed by atoms with E-state index in [4.69, 9.17) is 4.99 Å². The van der Waals surface area contributed by atoms with Crippen LogP contribution in [0.5, 0.6) is 0 Å². The summed E-state index contributed by atoms with van der Waals surface area (Å²) < 4.78 is 1.78. The molecule has 32 heavy (non-hydrogen) atoms. The molecule has 8 nitrogen and oxygen atoms in total. The number of aliphatic imine (C=N–C) groups is 1. The number of benzene rings is 2. The Bertz CT molecular complexity index is 1260. The summed E-state index contributed by atoms with van der Waals surface area (Å²) in [6.45, 7) is 6.51. The summed E-state index contributed by atoms with van der Waals surface area (Å²) in [6, 6.07) is 15.5. The minimum absolute atomic E-state index is 0.221. The molecule has 1 fully saturated rings. The molecule has 3 heterocycles. The number of urea groups is 1. The van der Waals surface area contributed by atoms with Gasteiger partial charge in [-0.15, -0.1) is 0 Å². The van der Waals surface area contributed by atoms with Crippen LogP contribution in [0.15, 0.2) is 53.5 Å². The van der Waals surface area contributed by atoms with Crippen molar-refractivity contribution in [1.29, 1.82) is 0 Å². The molecule has 2 unspecified atom stereocenters. The van der Waals surface area contributed by atoms with Gasteiger partial charge in [0.1, 0.15) is 0 Å². The fourth-order valence-electron chi connectivity index (χ4n) is 4.75. The minimum atomic E-state index is -0.601. The van der Waals surface area contributed by atoms with Crippen LogP contribution in [-0.2, 0) is 11.3 Å². The second-order valence-corrected chi connectivity index (χ2v) is 8.37. The molecule has 1 saturated heterocycles. The maximum absolute atomic E-state index is 13.5. The third kappa shape index (κ3) is 2.97. The van der Waals surface area contributed by atoms with Crippen molar-refractivity contribution < 1.29 is 9.59 Å². The summed E-state index contributed by atoms with van der Waals surface area (Å²) in [7, 11) is 1.71. The Labute approximate surface area is 186 Å². The van der Waals surface area contributed by atoms with Crippen molar-refractivity contribution in [2.45, 2.75) is 39.5 Å². The van der Waals surface area contributed by atoms with Gasteiger partial charge < -0.3 is 9.80 Å². The van der Waals surface area contributed by atoms with Crippen molar-refractivity contribution in [1.82, 2.24) is 24.5 Å². The highest BCUT2D eigenvalue weighted by Gasteiger charge is 2.52. The lowest BCUT2D eigenvalue weighted by atomic mass is 10.0. The number of likely N-dealkylation sites (N-methyl/N-ethyl adjacent to an activating group) is 2. The molecular formula is C24H26N6O2. The first-order valence-corrected chi connectivity index (χ1v) is 10.8. The lowest BCUT2D eigenvalue weighted by Gasteiger charge is -2.41. The van der Waals surface area contributed by atoms with Gasteiger partial charge in [-0.25, -0.2) is 14.5 Å². The minimum Gasteiger partial charge on any atom is -0.321 e. The van der Waals surface area contributed by atoms with E-state index in [0.29, 0.717) is 19.0 Å². The fraction of sp³-hybridized carbons (Fsp3) is 0.333. The number of amides is 3. The highest BCUT2D eigenvalue weighted by Crippen LogP contribution is 2.31. The highest BCUT2D eigenvalue weighted by molar-refractivity contribution is 6.04. The van der Waals surface area contributed by atoms with Crippen LogP contribution in [0.25, 0.3) is 10.8 Å². The molecule has 0 aliphatic carbocycles.